The summed E-state index contributed by atoms with van der Waals surface area (Å²) in [5, 5.41) is 6.28. The Bertz CT molecular complexity index is 876. The van der Waals surface area contributed by atoms with Gasteiger partial charge in [-0.2, -0.15) is 0 Å². The number of imidazole rings is 1. The van der Waals surface area contributed by atoms with Crippen LogP contribution in [0.2, 0.25) is 10.0 Å². The van der Waals surface area contributed by atoms with E-state index in [1.54, 1.807) is 18.2 Å². The van der Waals surface area contributed by atoms with Crippen molar-refractivity contribution in [2.45, 2.75) is 13.5 Å². The van der Waals surface area contributed by atoms with Gasteiger partial charge in [0.25, 0.3) is 0 Å². The number of hydrogen-bond donors (Lipinski definition) is 2. The highest BCUT2D eigenvalue weighted by atomic mass is 35.5. The topological polar surface area (TPSA) is 59.0 Å². The molecule has 23 heavy (non-hydrogen) atoms. The number of carbonyl (C=O) groups is 1. The Hall–Kier alpha value is -2.24. The first-order valence-corrected chi connectivity index (χ1v) is 7.82. The molecular weight excluding hydrogens is 335 g/mol. The van der Waals surface area contributed by atoms with Crippen LogP contribution in [0.15, 0.2) is 42.5 Å². The van der Waals surface area contributed by atoms with Crippen LogP contribution < -0.4 is 10.6 Å². The maximum Gasteiger partial charge on any atom is 0.326 e. The lowest BCUT2D eigenvalue weighted by Crippen LogP contribution is -2.21. The van der Waals surface area contributed by atoms with Crippen LogP contribution in [-0.4, -0.2) is 15.6 Å². The van der Waals surface area contributed by atoms with Crippen molar-refractivity contribution in [3.8, 4) is 0 Å². The average molecular weight is 349 g/mol. The molecule has 0 saturated heterocycles. The minimum absolute atomic E-state index is 0.380. The lowest BCUT2D eigenvalue weighted by atomic mass is 10.3. The van der Waals surface area contributed by atoms with Gasteiger partial charge in [0.15, 0.2) is 0 Å². The van der Waals surface area contributed by atoms with Crippen LogP contribution in [-0.2, 0) is 6.54 Å². The van der Waals surface area contributed by atoms with E-state index < -0.39 is 6.03 Å². The number of aryl methyl sites for hydroxylation is 1. The molecule has 5 nitrogen and oxygen atoms in total. The molecule has 7 heteroatoms. The molecule has 0 unspecified atom stereocenters. The van der Waals surface area contributed by atoms with Crippen LogP contribution >= 0.6 is 23.2 Å². The number of aromatic nitrogens is 2. The summed E-state index contributed by atoms with van der Waals surface area (Å²) in [5.74, 6) is 0.492. The van der Waals surface area contributed by atoms with Gasteiger partial charge in [0.05, 0.1) is 21.1 Å². The third kappa shape index (κ3) is 3.25. The van der Waals surface area contributed by atoms with Gasteiger partial charge in [-0.05, 0) is 37.3 Å². The predicted molar refractivity (Wildman–Crippen MR) is 94.5 cm³/mol. The van der Waals surface area contributed by atoms with Crippen molar-refractivity contribution >= 4 is 51.9 Å². The summed E-state index contributed by atoms with van der Waals surface area (Å²) in [6.45, 7) is 2.69. The van der Waals surface area contributed by atoms with Gasteiger partial charge < -0.3 is 9.88 Å². The molecule has 2 aromatic carbocycles. The fourth-order valence-corrected chi connectivity index (χ4v) is 2.63. The van der Waals surface area contributed by atoms with Gasteiger partial charge in [-0.3, -0.25) is 5.32 Å². The lowest BCUT2D eigenvalue weighted by Gasteiger charge is -2.09. The van der Waals surface area contributed by atoms with Crippen molar-refractivity contribution in [2.75, 3.05) is 10.6 Å². The lowest BCUT2D eigenvalue weighted by molar-refractivity contribution is 0.262. The normalized spacial score (nSPS) is 10.7. The van der Waals surface area contributed by atoms with Crippen LogP contribution in [0, 0.1) is 0 Å². The number of halogens is 2. The van der Waals surface area contributed by atoms with E-state index >= 15 is 0 Å². The predicted octanol–water partition coefficient (Wildman–Crippen LogP) is 5.01. The van der Waals surface area contributed by atoms with Gasteiger partial charge in [0.1, 0.15) is 0 Å². The first kappa shape index (κ1) is 15.6. The fraction of sp³-hybridized carbons (Fsp3) is 0.125. The third-order valence-corrected chi connectivity index (χ3v) is 4.11. The Morgan fingerprint density at radius 1 is 1.13 bits per heavy atom. The van der Waals surface area contributed by atoms with Crippen LogP contribution in [0.5, 0.6) is 0 Å². The van der Waals surface area contributed by atoms with Crippen molar-refractivity contribution < 1.29 is 4.79 Å². The number of benzene rings is 2. The molecule has 1 aromatic heterocycles. The summed E-state index contributed by atoms with van der Waals surface area (Å²) in [4.78, 5) is 16.6. The highest BCUT2D eigenvalue weighted by Crippen LogP contribution is 2.25. The number of anilines is 2. The number of nitrogens with zero attached hydrogens (tertiary/aromatic N) is 2. The Kier molecular flexibility index (Phi) is 4.41. The molecule has 0 aliphatic carbocycles. The van der Waals surface area contributed by atoms with E-state index in [9.17, 15) is 4.79 Å². The second kappa shape index (κ2) is 6.48. The number of amides is 2. The zero-order valence-electron chi connectivity index (χ0n) is 12.3. The number of hydrogen-bond acceptors (Lipinski definition) is 2. The summed E-state index contributed by atoms with van der Waals surface area (Å²) in [5.41, 5.74) is 2.36. The molecule has 3 aromatic rings. The number of carbonyl (C=O) groups excluding carboxylic acids is 1. The van der Waals surface area contributed by atoms with Crippen molar-refractivity contribution in [1.82, 2.24) is 9.55 Å². The average Bonchev–Trinajstić information content (AvgIpc) is 2.87. The first-order chi connectivity index (χ1) is 11.1. The smallest absolute Gasteiger partial charge is 0.310 e. The van der Waals surface area contributed by atoms with Crippen molar-refractivity contribution in [3.05, 3.63) is 52.5 Å². The van der Waals surface area contributed by atoms with Crippen molar-refractivity contribution in [3.63, 3.8) is 0 Å². The molecule has 0 spiro atoms. The van der Waals surface area contributed by atoms with Crippen LogP contribution in [0.1, 0.15) is 6.92 Å². The first-order valence-electron chi connectivity index (χ1n) is 7.07. The second-order valence-electron chi connectivity index (χ2n) is 4.88. The maximum absolute atomic E-state index is 12.2. The molecule has 0 aliphatic rings. The van der Waals surface area contributed by atoms with Crippen LogP contribution in [0.25, 0.3) is 11.0 Å². The second-order valence-corrected chi connectivity index (χ2v) is 5.69. The van der Waals surface area contributed by atoms with Crippen LogP contribution in [0.3, 0.4) is 0 Å². The van der Waals surface area contributed by atoms with E-state index in [0.29, 0.717) is 28.2 Å². The SMILES string of the molecule is CCn1c(NC(=O)Nc2ccc(Cl)c(Cl)c2)nc2ccccc21. The Morgan fingerprint density at radius 2 is 1.91 bits per heavy atom. The van der Waals surface area contributed by atoms with E-state index in [0.717, 1.165) is 11.0 Å². The van der Waals surface area contributed by atoms with Gasteiger partial charge >= 0.3 is 6.03 Å². The maximum atomic E-state index is 12.2. The molecule has 2 amide bonds. The minimum atomic E-state index is -0.395. The molecule has 0 bridgehead atoms. The number of fused-ring (bicyclic) bond motifs is 1. The highest BCUT2D eigenvalue weighted by Gasteiger charge is 2.12. The zero-order chi connectivity index (χ0) is 16.4. The van der Waals surface area contributed by atoms with Crippen molar-refractivity contribution in [1.29, 1.82) is 0 Å². The van der Waals surface area contributed by atoms with Gasteiger partial charge in [-0.15, -0.1) is 0 Å². The number of nitrogens with one attached hydrogen (secondary N) is 2. The number of urea groups is 1. The number of para-hydroxylation sites is 2. The Balaban J connectivity index is 1.81. The molecule has 3 rings (SSSR count). The Morgan fingerprint density at radius 3 is 2.65 bits per heavy atom. The zero-order valence-corrected chi connectivity index (χ0v) is 13.8. The summed E-state index contributed by atoms with van der Waals surface area (Å²) in [6.07, 6.45) is 0. The van der Waals surface area contributed by atoms with Gasteiger partial charge in [-0.1, -0.05) is 35.3 Å². The summed E-state index contributed by atoms with van der Waals surface area (Å²) >= 11 is 11.8. The summed E-state index contributed by atoms with van der Waals surface area (Å²) in [7, 11) is 0. The van der Waals surface area contributed by atoms with E-state index in [4.69, 9.17) is 23.2 Å². The molecule has 0 saturated carbocycles. The largest absolute Gasteiger partial charge is 0.326 e. The molecule has 2 N–H and O–H groups in total. The van der Waals surface area contributed by atoms with Crippen LogP contribution in [0.4, 0.5) is 16.4 Å². The monoisotopic (exact) mass is 348 g/mol. The molecule has 118 valence electrons. The molecule has 0 atom stereocenters. The molecule has 0 radical (unpaired) electrons. The molecule has 0 fully saturated rings. The number of rotatable bonds is 3. The van der Waals surface area contributed by atoms with E-state index in [-0.39, 0.29) is 0 Å². The third-order valence-electron chi connectivity index (χ3n) is 3.37. The van der Waals surface area contributed by atoms with Gasteiger partial charge in [0.2, 0.25) is 5.95 Å². The molecule has 0 aliphatic heterocycles. The van der Waals surface area contributed by atoms with E-state index in [1.807, 2.05) is 35.8 Å². The van der Waals surface area contributed by atoms with E-state index in [1.165, 1.54) is 0 Å². The summed E-state index contributed by atoms with van der Waals surface area (Å²) < 4.78 is 1.93. The molecular formula is C16H14Cl2N4O. The van der Waals surface area contributed by atoms with E-state index in [2.05, 4.69) is 15.6 Å². The minimum Gasteiger partial charge on any atom is -0.310 e. The Labute approximate surface area is 143 Å². The fourth-order valence-electron chi connectivity index (χ4n) is 2.33. The molecule has 1 heterocycles. The highest BCUT2D eigenvalue weighted by molar-refractivity contribution is 6.42. The van der Waals surface area contributed by atoms with Crippen molar-refractivity contribution in [2.24, 2.45) is 0 Å². The quantitative estimate of drug-likeness (QED) is 0.698. The van der Waals surface area contributed by atoms with Gasteiger partial charge in [0, 0.05) is 12.2 Å². The standard InChI is InChI=1S/C16H14Cl2N4O/c1-2-22-14-6-4-3-5-13(14)20-15(22)21-16(23)19-10-7-8-11(17)12(18)9-10/h3-9H,2H2,1H3,(H2,19,20,21,23). The van der Waals surface area contributed by atoms with Gasteiger partial charge in [-0.25, -0.2) is 9.78 Å². The summed E-state index contributed by atoms with van der Waals surface area (Å²) in [6, 6.07) is 12.2.